The van der Waals surface area contributed by atoms with Crippen LogP contribution >= 0.6 is 0 Å². The van der Waals surface area contributed by atoms with Crippen molar-refractivity contribution in [2.75, 3.05) is 0 Å². The van der Waals surface area contributed by atoms with Gasteiger partial charge >= 0.3 is 0 Å². The molecule has 0 N–H and O–H groups in total. The predicted octanol–water partition coefficient (Wildman–Crippen LogP) is 6.06. The van der Waals surface area contributed by atoms with Crippen LogP contribution in [0.3, 0.4) is 0 Å². The molecule has 0 saturated heterocycles. The van der Waals surface area contributed by atoms with Gasteiger partial charge in [0.2, 0.25) is 0 Å². The molecule has 3 unspecified atom stereocenters. The minimum atomic E-state index is -0.751. The van der Waals surface area contributed by atoms with Crippen molar-refractivity contribution in [3.63, 3.8) is 0 Å². The van der Waals surface area contributed by atoms with Crippen LogP contribution in [0.4, 0.5) is 0 Å². The van der Waals surface area contributed by atoms with E-state index in [9.17, 15) is 14.4 Å². The number of carbonyl (C=O) groups excluding carboxylic acids is 3. The van der Waals surface area contributed by atoms with E-state index in [2.05, 4.69) is 0 Å². The van der Waals surface area contributed by atoms with E-state index in [1.165, 1.54) is 0 Å². The van der Waals surface area contributed by atoms with Crippen LogP contribution in [0.2, 0.25) is 0 Å². The van der Waals surface area contributed by atoms with E-state index in [-0.39, 0.29) is 17.3 Å². The molecule has 3 atom stereocenters. The standard InChI is InChI=1S/C31H23NO3/c1-17-25-26(20-11-7-4-8-12-20)31(35)23-16-22-15-21(19-9-5-3-6-10-19)13-14-24(22)32-28(23)27(25)30(34)18(2)29(17)33/h3-18,26H,1-2H3. The molecule has 3 aromatic carbocycles. The molecular weight excluding hydrogens is 434 g/mol. The van der Waals surface area contributed by atoms with Gasteiger partial charge in [-0.1, -0.05) is 73.7 Å². The van der Waals surface area contributed by atoms with E-state index in [0.29, 0.717) is 27.9 Å². The minimum Gasteiger partial charge on any atom is -0.298 e. The summed E-state index contributed by atoms with van der Waals surface area (Å²) in [6.45, 7) is 3.47. The second-order valence-electron chi connectivity index (χ2n) is 9.41. The summed E-state index contributed by atoms with van der Waals surface area (Å²) in [7, 11) is 0. The van der Waals surface area contributed by atoms with E-state index < -0.39 is 17.8 Å². The number of ketones is 3. The summed E-state index contributed by atoms with van der Waals surface area (Å²) in [5.41, 5.74) is 5.50. The third-order valence-electron chi connectivity index (χ3n) is 7.38. The monoisotopic (exact) mass is 457 g/mol. The van der Waals surface area contributed by atoms with Gasteiger partial charge in [-0.2, -0.15) is 0 Å². The Bertz CT molecular complexity index is 1570. The van der Waals surface area contributed by atoms with Gasteiger partial charge in [-0.25, -0.2) is 4.98 Å². The molecule has 6 rings (SSSR count). The first-order valence-electron chi connectivity index (χ1n) is 11.9. The van der Waals surface area contributed by atoms with Crippen molar-refractivity contribution in [2.24, 2.45) is 11.8 Å². The predicted molar refractivity (Wildman–Crippen MR) is 136 cm³/mol. The molecule has 0 saturated carbocycles. The zero-order valence-corrected chi connectivity index (χ0v) is 19.5. The number of aromatic nitrogens is 1. The van der Waals surface area contributed by atoms with Gasteiger partial charge in [0, 0.05) is 22.4 Å². The molecule has 4 heteroatoms. The maximum atomic E-state index is 14.0. The maximum Gasteiger partial charge on any atom is 0.176 e. The van der Waals surface area contributed by atoms with Gasteiger partial charge in [-0.15, -0.1) is 0 Å². The van der Waals surface area contributed by atoms with Crippen LogP contribution in [0.15, 0.2) is 90.5 Å². The van der Waals surface area contributed by atoms with Crippen LogP contribution in [0.5, 0.6) is 0 Å². The van der Waals surface area contributed by atoms with Crippen molar-refractivity contribution in [2.45, 2.75) is 19.8 Å². The Kier molecular flexibility index (Phi) is 4.85. The Labute approximate surface area is 203 Å². The smallest absolute Gasteiger partial charge is 0.176 e. The highest BCUT2D eigenvalue weighted by Crippen LogP contribution is 2.48. The molecule has 2 aliphatic carbocycles. The fraction of sp³-hybridized carbons (Fsp3) is 0.161. The number of pyridine rings is 1. The Hall–Kier alpha value is -4.18. The van der Waals surface area contributed by atoms with Crippen molar-refractivity contribution in [1.29, 1.82) is 0 Å². The maximum absolute atomic E-state index is 14.0. The van der Waals surface area contributed by atoms with Crippen LogP contribution in [0.25, 0.3) is 27.6 Å². The molecule has 0 fully saturated rings. The molecule has 0 aliphatic heterocycles. The topological polar surface area (TPSA) is 64.1 Å². The SMILES string of the molecule is CC1C(=O)C2=C(C(C)C1=O)C(c1ccccc1)C(=O)c1cc3cc(-c4ccccc4)ccc3nc12. The number of allylic oxidation sites excluding steroid dienone is 2. The van der Waals surface area contributed by atoms with E-state index in [1.807, 2.05) is 91.9 Å². The molecule has 4 nitrogen and oxygen atoms in total. The fourth-order valence-corrected chi connectivity index (χ4v) is 5.52. The van der Waals surface area contributed by atoms with Gasteiger partial charge in [-0.05, 0) is 47.4 Å². The summed E-state index contributed by atoms with van der Waals surface area (Å²) in [4.78, 5) is 45.4. The first-order valence-corrected chi connectivity index (χ1v) is 11.9. The van der Waals surface area contributed by atoms with Crippen LogP contribution in [0.1, 0.15) is 41.4 Å². The van der Waals surface area contributed by atoms with Gasteiger partial charge in [-0.3, -0.25) is 14.4 Å². The molecule has 4 aromatic rings. The summed E-state index contributed by atoms with van der Waals surface area (Å²) in [5, 5.41) is 0.842. The van der Waals surface area contributed by atoms with Gasteiger partial charge in [0.15, 0.2) is 11.6 Å². The lowest BCUT2D eigenvalue weighted by Crippen LogP contribution is -2.40. The molecular formula is C31H23NO3. The first kappa shape index (κ1) is 21.4. The molecule has 35 heavy (non-hydrogen) atoms. The van der Waals surface area contributed by atoms with E-state index in [1.54, 1.807) is 6.92 Å². The molecule has 0 radical (unpaired) electrons. The number of rotatable bonds is 2. The van der Waals surface area contributed by atoms with E-state index >= 15 is 0 Å². The summed E-state index contributed by atoms with van der Waals surface area (Å²) < 4.78 is 0. The lowest BCUT2D eigenvalue weighted by molar-refractivity contribution is -0.131. The zero-order chi connectivity index (χ0) is 24.3. The number of hydrogen-bond acceptors (Lipinski definition) is 4. The van der Waals surface area contributed by atoms with Crippen molar-refractivity contribution in [3.05, 3.63) is 107 Å². The Morgan fingerprint density at radius 1 is 0.686 bits per heavy atom. The molecule has 2 aliphatic rings. The summed E-state index contributed by atoms with van der Waals surface area (Å²) in [6, 6.07) is 27.3. The lowest BCUT2D eigenvalue weighted by Gasteiger charge is -2.36. The number of benzene rings is 3. The van der Waals surface area contributed by atoms with Crippen molar-refractivity contribution in [1.82, 2.24) is 4.98 Å². The van der Waals surface area contributed by atoms with Crippen molar-refractivity contribution >= 4 is 33.8 Å². The third-order valence-corrected chi connectivity index (χ3v) is 7.38. The number of fused-ring (bicyclic) bond motifs is 3. The van der Waals surface area contributed by atoms with Crippen LogP contribution < -0.4 is 0 Å². The van der Waals surface area contributed by atoms with E-state index in [0.717, 1.165) is 22.1 Å². The quantitative estimate of drug-likeness (QED) is 0.343. The van der Waals surface area contributed by atoms with Gasteiger partial charge in [0.1, 0.15) is 5.78 Å². The summed E-state index contributed by atoms with van der Waals surface area (Å²) in [6.07, 6.45) is 0. The van der Waals surface area contributed by atoms with Crippen molar-refractivity contribution < 1.29 is 14.4 Å². The fourth-order valence-electron chi connectivity index (χ4n) is 5.52. The average molecular weight is 458 g/mol. The largest absolute Gasteiger partial charge is 0.298 e. The van der Waals surface area contributed by atoms with Crippen molar-refractivity contribution in [3.8, 4) is 11.1 Å². The molecule has 170 valence electrons. The Balaban J connectivity index is 1.63. The highest BCUT2D eigenvalue weighted by molar-refractivity contribution is 6.35. The molecule has 0 spiro atoms. The summed E-state index contributed by atoms with van der Waals surface area (Å²) in [5.74, 6) is -2.46. The third kappa shape index (κ3) is 3.21. The number of Topliss-reactive ketones (excluding diaryl/α,β-unsaturated/α-hetero) is 3. The highest BCUT2D eigenvalue weighted by atomic mass is 16.2. The Morgan fingerprint density at radius 3 is 2.09 bits per heavy atom. The minimum absolute atomic E-state index is 0.119. The van der Waals surface area contributed by atoms with Gasteiger partial charge in [0.05, 0.1) is 23.0 Å². The number of hydrogen-bond donors (Lipinski definition) is 0. The van der Waals surface area contributed by atoms with Crippen LogP contribution in [-0.4, -0.2) is 22.3 Å². The molecule has 0 amide bonds. The molecule has 1 aromatic heterocycles. The highest BCUT2D eigenvalue weighted by Gasteiger charge is 2.47. The summed E-state index contributed by atoms with van der Waals surface area (Å²) >= 11 is 0. The normalized spacial score (nSPS) is 21.8. The number of nitrogens with zero attached hydrogens (tertiary/aromatic N) is 1. The van der Waals surface area contributed by atoms with Crippen LogP contribution in [0, 0.1) is 11.8 Å². The molecule has 0 bridgehead atoms. The van der Waals surface area contributed by atoms with E-state index in [4.69, 9.17) is 4.98 Å². The van der Waals surface area contributed by atoms with Crippen LogP contribution in [-0.2, 0) is 9.59 Å². The molecule has 1 heterocycles. The Morgan fingerprint density at radius 2 is 1.37 bits per heavy atom. The number of carbonyl (C=O) groups is 3. The zero-order valence-electron chi connectivity index (χ0n) is 19.5. The average Bonchev–Trinajstić information content (AvgIpc) is 2.90. The first-order chi connectivity index (χ1) is 17.0. The van der Waals surface area contributed by atoms with Gasteiger partial charge < -0.3 is 0 Å². The second-order valence-corrected chi connectivity index (χ2v) is 9.41. The second kappa shape index (κ2) is 7.95. The lowest BCUT2D eigenvalue weighted by atomic mass is 9.64. The van der Waals surface area contributed by atoms with Gasteiger partial charge in [0.25, 0.3) is 0 Å².